The first-order chi connectivity index (χ1) is 7.13. The molecule has 0 aliphatic rings. The first kappa shape index (κ1) is 11.9. The lowest BCUT2D eigenvalue weighted by molar-refractivity contribution is 0.320. The van der Waals surface area contributed by atoms with Crippen LogP contribution in [0.1, 0.15) is 5.56 Å². The molecule has 0 atom stereocenters. The van der Waals surface area contributed by atoms with Crippen molar-refractivity contribution in [2.45, 2.75) is 6.54 Å². The van der Waals surface area contributed by atoms with E-state index in [-0.39, 0.29) is 11.6 Å². The van der Waals surface area contributed by atoms with Gasteiger partial charge in [-0.15, -0.1) is 0 Å². The number of halogens is 1. The fourth-order valence-electron chi connectivity index (χ4n) is 1.35. The van der Waals surface area contributed by atoms with E-state index in [4.69, 9.17) is 0 Å². The van der Waals surface area contributed by atoms with E-state index >= 15 is 0 Å². The van der Waals surface area contributed by atoms with Crippen LogP contribution < -0.4 is 5.32 Å². The Balaban J connectivity index is 2.59. The number of likely N-dealkylation sites (N-methyl/N-ethyl adjacent to an activating group) is 2. The zero-order valence-electron chi connectivity index (χ0n) is 9.13. The first-order valence-electron chi connectivity index (χ1n) is 4.94. The van der Waals surface area contributed by atoms with Gasteiger partial charge in [-0.05, 0) is 32.3 Å². The van der Waals surface area contributed by atoms with Gasteiger partial charge in [-0.25, -0.2) is 4.39 Å². The summed E-state index contributed by atoms with van der Waals surface area (Å²) in [5.41, 5.74) is 0.619. The van der Waals surface area contributed by atoms with Crippen molar-refractivity contribution in [2.24, 2.45) is 0 Å². The summed E-state index contributed by atoms with van der Waals surface area (Å²) in [6.07, 6.45) is 0. The zero-order valence-corrected chi connectivity index (χ0v) is 9.13. The largest absolute Gasteiger partial charge is 0.508 e. The van der Waals surface area contributed by atoms with E-state index < -0.39 is 0 Å². The molecule has 0 saturated carbocycles. The molecule has 0 aromatic heterocycles. The Kier molecular flexibility index (Phi) is 4.52. The van der Waals surface area contributed by atoms with Gasteiger partial charge in [-0.3, -0.25) is 0 Å². The summed E-state index contributed by atoms with van der Waals surface area (Å²) >= 11 is 0. The van der Waals surface area contributed by atoms with Gasteiger partial charge in [0.25, 0.3) is 0 Å². The molecule has 2 N–H and O–H groups in total. The summed E-state index contributed by atoms with van der Waals surface area (Å²) in [7, 11) is 3.81. The molecule has 0 fully saturated rings. The number of nitrogens with one attached hydrogen (secondary N) is 1. The monoisotopic (exact) mass is 212 g/mol. The third-order valence-electron chi connectivity index (χ3n) is 2.23. The van der Waals surface area contributed by atoms with Crippen LogP contribution in [-0.2, 0) is 6.54 Å². The SMILES string of the molecule is CNCCN(C)Cc1cc(F)ccc1O. The summed E-state index contributed by atoms with van der Waals surface area (Å²) in [5, 5.41) is 12.5. The minimum atomic E-state index is -0.315. The zero-order chi connectivity index (χ0) is 11.3. The number of phenolic OH excluding ortho intramolecular Hbond substituents is 1. The molecule has 0 saturated heterocycles. The number of hydrogen-bond acceptors (Lipinski definition) is 3. The second kappa shape index (κ2) is 5.68. The highest BCUT2D eigenvalue weighted by Crippen LogP contribution is 2.18. The summed E-state index contributed by atoms with van der Waals surface area (Å²) in [5.74, 6) is -0.169. The molecule has 0 aliphatic carbocycles. The maximum Gasteiger partial charge on any atom is 0.123 e. The third kappa shape index (κ3) is 3.85. The Bertz CT molecular complexity index is 317. The van der Waals surface area contributed by atoms with Crippen LogP contribution in [0.4, 0.5) is 4.39 Å². The van der Waals surface area contributed by atoms with E-state index in [0.29, 0.717) is 12.1 Å². The number of benzene rings is 1. The van der Waals surface area contributed by atoms with Crippen LogP contribution in [0.25, 0.3) is 0 Å². The molecule has 84 valence electrons. The van der Waals surface area contributed by atoms with Crippen LogP contribution in [0, 0.1) is 5.82 Å². The minimum absolute atomic E-state index is 0.146. The van der Waals surface area contributed by atoms with Crippen molar-refractivity contribution in [3.8, 4) is 5.75 Å². The first-order valence-corrected chi connectivity index (χ1v) is 4.94. The van der Waals surface area contributed by atoms with Crippen LogP contribution in [-0.4, -0.2) is 37.2 Å². The molecule has 0 amide bonds. The Labute approximate surface area is 89.5 Å². The van der Waals surface area contributed by atoms with Gasteiger partial charge in [0.15, 0.2) is 0 Å². The van der Waals surface area contributed by atoms with Gasteiger partial charge in [-0.2, -0.15) is 0 Å². The summed E-state index contributed by atoms with van der Waals surface area (Å²) in [6.45, 7) is 2.27. The maximum absolute atomic E-state index is 12.9. The van der Waals surface area contributed by atoms with Crippen molar-refractivity contribution in [3.63, 3.8) is 0 Å². The molecular formula is C11H17FN2O. The molecule has 1 aromatic carbocycles. The quantitative estimate of drug-likeness (QED) is 0.769. The lowest BCUT2D eigenvalue weighted by atomic mass is 10.2. The molecule has 0 heterocycles. The Morgan fingerprint density at radius 1 is 1.47 bits per heavy atom. The second-order valence-electron chi connectivity index (χ2n) is 3.61. The van der Waals surface area contributed by atoms with Crippen LogP contribution in [0.5, 0.6) is 5.75 Å². The Morgan fingerprint density at radius 3 is 2.87 bits per heavy atom. The van der Waals surface area contributed by atoms with Gasteiger partial charge >= 0.3 is 0 Å². The van der Waals surface area contributed by atoms with Gasteiger partial charge in [-0.1, -0.05) is 0 Å². The fraction of sp³-hybridized carbons (Fsp3) is 0.455. The van der Waals surface area contributed by atoms with Crippen molar-refractivity contribution in [1.82, 2.24) is 10.2 Å². The number of aromatic hydroxyl groups is 1. The molecule has 4 heteroatoms. The van der Waals surface area contributed by atoms with Crippen LogP contribution in [0.2, 0.25) is 0 Å². The maximum atomic E-state index is 12.9. The predicted octanol–water partition coefficient (Wildman–Crippen LogP) is 1.18. The number of nitrogens with zero attached hydrogens (tertiary/aromatic N) is 1. The molecule has 0 aliphatic heterocycles. The molecule has 3 nitrogen and oxygen atoms in total. The number of hydrogen-bond donors (Lipinski definition) is 2. The molecule has 0 radical (unpaired) electrons. The highest BCUT2D eigenvalue weighted by atomic mass is 19.1. The highest BCUT2D eigenvalue weighted by molar-refractivity contribution is 5.32. The smallest absolute Gasteiger partial charge is 0.123 e. The Morgan fingerprint density at radius 2 is 2.20 bits per heavy atom. The summed E-state index contributed by atoms with van der Waals surface area (Å²) in [4.78, 5) is 2.02. The second-order valence-corrected chi connectivity index (χ2v) is 3.61. The van der Waals surface area contributed by atoms with E-state index in [1.807, 2.05) is 19.0 Å². The molecular weight excluding hydrogens is 195 g/mol. The van der Waals surface area contributed by atoms with Gasteiger partial charge < -0.3 is 15.3 Å². The third-order valence-corrected chi connectivity index (χ3v) is 2.23. The van der Waals surface area contributed by atoms with Gasteiger partial charge in [0.05, 0.1) is 0 Å². The van der Waals surface area contributed by atoms with Gasteiger partial charge in [0.1, 0.15) is 11.6 Å². The summed E-state index contributed by atoms with van der Waals surface area (Å²) in [6, 6.07) is 4.01. The van der Waals surface area contributed by atoms with Gasteiger partial charge in [0, 0.05) is 25.2 Å². The van der Waals surface area contributed by atoms with Crippen molar-refractivity contribution < 1.29 is 9.50 Å². The van der Waals surface area contributed by atoms with Crippen molar-refractivity contribution in [2.75, 3.05) is 27.2 Å². The lowest BCUT2D eigenvalue weighted by Gasteiger charge is -2.17. The number of rotatable bonds is 5. The molecule has 1 aromatic rings. The molecule has 0 unspecified atom stereocenters. The topological polar surface area (TPSA) is 35.5 Å². The average molecular weight is 212 g/mol. The fourth-order valence-corrected chi connectivity index (χ4v) is 1.35. The lowest BCUT2D eigenvalue weighted by Crippen LogP contribution is -2.27. The van der Waals surface area contributed by atoms with E-state index in [2.05, 4.69) is 5.32 Å². The summed E-state index contributed by atoms with van der Waals surface area (Å²) < 4.78 is 12.9. The van der Waals surface area contributed by atoms with E-state index in [0.717, 1.165) is 13.1 Å². The standard InChI is InChI=1S/C11H17FN2O/c1-13-5-6-14(2)8-9-7-10(12)3-4-11(9)15/h3-4,7,13,15H,5-6,8H2,1-2H3. The van der Waals surface area contributed by atoms with E-state index in [9.17, 15) is 9.50 Å². The van der Waals surface area contributed by atoms with Crippen molar-refractivity contribution in [3.05, 3.63) is 29.6 Å². The predicted molar refractivity (Wildman–Crippen MR) is 58.3 cm³/mol. The van der Waals surface area contributed by atoms with Crippen LogP contribution in [0.3, 0.4) is 0 Å². The van der Waals surface area contributed by atoms with E-state index in [1.54, 1.807) is 0 Å². The highest BCUT2D eigenvalue weighted by Gasteiger charge is 2.05. The minimum Gasteiger partial charge on any atom is -0.508 e. The van der Waals surface area contributed by atoms with Crippen LogP contribution >= 0.6 is 0 Å². The molecule has 1 rings (SSSR count). The van der Waals surface area contributed by atoms with Crippen molar-refractivity contribution in [1.29, 1.82) is 0 Å². The molecule has 0 spiro atoms. The van der Waals surface area contributed by atoms with Crippen LogP contribution in [0.15, 0.2) is 18.2 Å². The van der Waals surface area contributed by atoms with Gasteiger partial charge in [0.2, 0.25) is 0 Å². The molecule has 15 heavy (non-hydrogen) atoms. The average Bonchev–Trinajstić information content (AvgIpc) is 2.20. The Hall–Kier alpha value is -1.13. The molecule has 0 bridgehead atoms. The van der Waals surface area contributed by atoms with Crippen molar-refractivity contribution >= 4 is 0 Å². The number of phenols is 1. The van der Waals surface area contributed by atoms with E-state index in [1.165, 1.54) is 18.2 Å². The normalized spacial score (nSPS) is 10.9.